The van der Waals surface area contributed by atoms with Crippen LogP contribution in [-0.2, 0) is 6.54 Å². The number of hydrogen-bond donors (Lipinski definition) is 0. The largest absolute Gasteiger partial charge is 0.321 e. The first-order valence-corrected chi connectivity index (χ1v) is 5.22. The van der Waals surface area contributed by atoms with Crippen molar-refractivity contribution in [1.82, 2.24) is 9.13 Å². The Morgan fingerprint density at radius 3 is 2.47 bits per heavy atom. The summed E-state index contributed by atoms with van der Waals surface area (Å²) in [6.07, 6.45) is 2.86. The second-order valence-corrected chi connectivity index (χ2v) is 3.52. The van der Waals surface area contributed by atoms with Crippen molar-refractivity contribution < 1.29 is 4.39 Å². The Balaban J connectivity index is 2.71. The van der Waals surface area contributed by atoms with Crippen LogP contribution in [0.5, 0.6) is 0 Å². The molecular weight excluding hydrogens is 223 g/mol. The molecule has 2 aromatic rings. The van der Waals surface area contributed by atoms with Crippen LogP contribution in [0, 0.1) is 5.82 Å². The Kier molecular flexibility index (Phi) is 2.91. The summed E-state index contributed by atoms with van der Waals surface area (Å²) in [6, 6.07) is 5.83. The molecule has 0 saturated heterocycles. The number of nitrogens with zero attached hydrogens (tertiary/aromatic N) is 2. The lowest BCUT2D eigenvalue weighted by Crippen LogP contribution is -2.39. The van der Waals surface area contributed by atoms with E-state index in [2.05, 4.69) is 0 Å². The Morgan fingerprint density at radius 2 is 1.82 bits per heavy atom. The molecule has 0 aliphatic rings. The van der Waals surface area contributed by atoms with Crippen LogP contribution in [-0.4, -0.2) is 9.13 Å². The van der Waals surface area contributed by atoms with E-state index in [0.29, 0.717) is 6.54 Å². The summed E-state index contributed by atoms with van der Waals surface area (Å²) in [4.78, 5) is 23.4. The average molecular weight is 234 g/mol. The molecule has 88 valence electrons. The number of para-hydroxylation sites is 1. The SMILES string of the molecule is CCn1ccn(-c2ccccc2F)c(=O)c1=O. The van der Waals surface area contributed by atoms with Crippen molar-refractivity contribution in [1.29, 1.82) is 0 Å². The van der Waals surface area contributed by atoms with E-state index >= 15 is 0 Å². The van der Waals surface area contributed by atoms with Crippen molar-refractivity contribution in [3.05, 3.63) is 63.2 Å². The molecule has 5 heteroatoms. The lowest BCUT2D eigenvalue weighted by atomic mass is 10.3. The molecule has 0 aliphatic heterocycles. The second kappa shape index (κ2) is 4.37. The van der Waals surface area contributed by atoms with Crippen LogP contribution < -0.4 is 11.1 Å². The van der Waals surface area contributed by atoms with E-state index in [1.165, 1.54) is 35.2 Å². The van der Waals surface area contributed by atoms with Gasteiger partial charge in [-0.3, -0.25) is 14.2 Å². The molecule has 17 heavy (non-hydrogen) atoms. The van der Waals surface area contributed by atoms with Crippen molar-refractivity contribution >= 4 is 0 Å². The molecule has 0 unspecified atom stereocenters. The summed E-state index contributed by atoms with van der Waals surface area (Å²) >= 11 is 0. The van der Waals surface area contributed by atoms with Crippen LogP contribution in [0.1, 0.15) is 6.92 Å². The molecular formula is C12H11FN2O2. The van der Waals surface area contributed by atoms with Gasteiger partial charge in [0.1, 0.15) is 5.82 Å². The monoisotopic (exact) mass is 234 g/mol. The standard InChI is InChI=1S/C12H11FN2O2/c1-2-14-7-8-15(12(17)11(14)16)10-6-4-3-5-9(10)13/h3-8H,2H2,1H3. The zero-order valence-corrected chi connectivity index (χ0v) is 9.26. The molecule has 0 N–H and O–H groups in total. The molecule has 0 spiro atoms. The van der Waals surface area contributed by atoms with Gasteiger partial charge in [0, 0.05) is 18.9 Å². The molecule has 0 radical (unpaired) electrons. The van der Waals surface area contributed by atoms with Crippen LogP contribution in [0.15, 0.2) is 46.2 Å². The predicted molar refractivity (Wildman–Crippen MR) is 61.9 cm³/mol. The summed E-state index contributed by atoms with van der Waals surface area (Å²) in [5.74, 6) is -0.539. The van der Waals surface area contributed by atoms with Crippen LogP contribution in [0.3, 0.4) is 0 Å². The highest BCUT2D eigenvalue weighted by Crippen LogP contribution is 2.09. The first-order valence-electron chi connectivity index (χ1n) is 5.22. The van der Waals surface area contributed by atoms with E-state index in [4.69, 9.17) is 0 Å². The Morgan fingerprint density at radius 1 is 1.12 bits per heavy atom. The maximum Gasteiger partial charge on any atom is 0.321 e. The van der Waals surface area contributed by atoms with E-state index in [0.717, 1.165) is 4.57 Å². The minimum Gasteiger partial charge on any atom is -0.310 e. The fourth-order valence-electron chi connectivity index (χ4n) is 1.59. The van der Waals surface area contributed by atoms with Gasteiger partial charge in [0.05, 0.1) is 5.69 Å². The number of hydrogen-bond acceptors (Lipinski definition) is 2. The number of halogens is 1. The number of aromatic nitrogens is 2. The normalized spacial score (nSPS) is 10.5. The fourth-order valence-corrected chi connectivity index (χ4v) is 1.59. The van der Waals surface area contributed by atoms with Crippen LogP contribution in [0.25, 0.3) is 5.69 Å². The summed E-state index contributed by atoms with van der Waals surface area (Å²) < 4.78 is 15.8. The maximum atomic E-state index is 13.5. The topological polar surface area (TPSA) is 44.0 Å². The van der Waals surface area contributed by atoms with Crippen molar-refractivity contribution in [2.45, 2.75) is 13.5 Å². The molecule has 0 saturated carbocycles. The molecule has 0 atom stereocenters. The Bertz CT molecular complexity index is 658. The van der Waals surface area contributed by atoms with E-state index in [1.54, 1.807) is 13.0 Å². The fraction of sp³-hybridized carbons (Fsp3) is 0.167. The third-order valence-corrected chi connectivity index (χ3v) is 2.51. The molecule has 4 nitrogen and oxygen atoms in total. The quantitative estimate of drug-likeness (QED) is 0.732. The third-order valence-electron chi connectivity index (χ3n) is 2.51. The van der Waals surface area contributed by atoms with Crippen LogP contribution in [0.2, 0.25) is 0 Å². The molecule has 1 aromatic heterocycles. The zero-order valence-electron chi connectivity index (χ0n) is 9.26. The van der Waals surface area contributed by atoms with Gasteiger partial charge in [0.2, 0.25) is 0 Å². The van der Waals surface area contributed by atoms with Gasteiger partial charge >= 0.3 is 11.1 Å². The van der Waals surface area contributed by atoms with Gasteiger partial charge in [0.15, 0.2) is 0 Å². The second-order valence-electron chi connectivity index (χ2n) is 3.52. The van der Waals surface area contributed by atoms with Crippen LogP contribution in [0.4, 0.5) is 4.39 Å². The van der Waals surface area contributed by atoms with Crippen molar-refractivity contribution in [3.63, 3.8) is 0 Å². The smallest absolute Gasteiger partial charge is 0.310 e. The Hall–Kier alpha value is -2.17. The van der Waals surface area contributed by atoms with Crippen molar-refractivity contribution in [2.75, 3.05) is 0 Å². The van der Waals surface area contributed by atoms with Gasteiger partial charge < -0.3 is 4.57 Å². The van der Waals surface area contributed by atoms with Gasteiger partial charge in [0.25, 0.3) is 0 Å². The highest BCUT2D eigenvalue weighted by atomic mass is 19.1. The van der Waals surface area contributed by atoms with Crippen molar-refractivity contribution in [3.8, 4) is 5.69 Å². The number of benzene rings is 1. The van der Waals surface area contributed by atoms with Gasteiger partial charge in [-0.2, -0.15) is 0 Å². The number of aryl methyl sites for hydroxylation is 1. The van der Waals surface area contributed by atoms with Gasteiger partial charge in [-0.25, -0.2) is 4.39 Å². The average Bonchev–Trinajstić information content (AvgIpc) is 2.34. The summed E-state index contributed by atoms with van der Waals surface area (Å²) in [6.45, 7) is 2.17. The van der Waals surface area contributed by atoms with E-state index < -0.39 is 16.9 Å². The van der Waals surface area contributed by atoms with Crippen molar-refractivity contribution in [2.24, 2.45) is 0 Å². The number of rotatable bonds is 2. The van der Waals surface area contributed by atoms with Gasteiger partial charge in [-0.1, -0.05) is 12.1 Å². The highest BCUT2D eigenvalue weighted by Gasteiger charge is 2.08. The van der Waals surface area contributed by atoms with E-state index in [9.17, 15) is 14.0 Å². The first kappa shape index (κ1) is 11.3. The maximum absolute atomic E-state index is 13.5. The van der Waals surface area contributed by atoms with Gasteiger partial charge in [-0.15, -0.1) is 0 Å². The Labute approximate surface area is 96.6 Å². The predicted octanol–water partition coefficient (Wildman–Crippen LogP) is 1.16. The molecule has 0 bridgehead atoms. The third kappa shape index (κ3) is 1.91. The van der Waals surface area contributed by atoms with E-state index in [-0.39, 0.29) is 5.69 Å². The molecule has 0 aliphatic carbocycles. The minimum atomic E-state index is -0.751. The molecule has 1 heterocycles. The van der Waals surface area contributed by atoms with Gasteiger partial charge in [-0.05, 0) is 19.1 Å². The molecule has 0 amide bonds. The molecule has 0 fully saturated rings. The zero-order chi connectivity index (χ0) is 12.4. The minimum absolute atomic E-state index is 0.0813. The molecule has 2 rings (SSSR count). The first-order chi connectivity index (χ1) is 8.15. The lowest BCUT2D eigenvalue weighted by Gasteiger charge is -2.07. The van der Waals surface area contributed by atoms with Crippen LogP contribution >= 0.6 is 0 Å². The summed E-state index contributed by atoms with van der Waals surface area (Å²) in [7, 11) is 0. The van der Waals surface area contributed by atoms with E-state index in [1.807, 2.05) is 0 Å². The molecule has 1 aromatic carbocycles. The summed E-state index contributed by atoms with van der Waals surface area (Å²) in [5.41, 5.74) is -1.32. The highest BCUT2D eigenvalue weighted by molar-refractivity contribution is 5.33. The summed E-state index contributed by atoms with van der Waals surface area (Å²) in [5, 5.41) is 0. The lowest BCUT2D eigenvalue weighted by molar-refractivity contribution is 0.611.